The molecule has 0 fully saturated rings. The Morgan fingerprint density at radius 2 is 1.75 bits per heavy atom. The molecule has 2 aromatic carbocycles. The summed E-state index contributed by atoms with van der Waals surface area (Å²) in [6.45, 7) is 1.60. The van der Waals surface area contributed by atoms with Crippen LogP contribution in [0.2, 0.25) is 0 Å². The number of nitrogens with one attached hydrogen (secondary N) is 1. The van der Waals surface area contributed by atoms with Crippen LogP contribution in [0, 0.1) is 5.82 Å². The van der Waals surface area contributed by atoms with Gasteiger partial charge >= 0.3 is 6.36 Å². The molecule has 0 spiro atoms. The molecule has 0 unspecified atom stereocenters. The molecule has 0 aliphatic rings. The average Bonchev–Trinajstić information content (AvgIpc) is 2.50. The van der Waals surface area contributed by atoms with Gasteiger partial charge < -0.3 is 10.1 Å². The predicted octanol–water partition coefficient (Wildman–Crippen LogP) is 4.84. The van der Waals surface area contributed by atoms with Crippen molar-refractivity contribution in [1.29, 1.82) is 0 Å². The number of carbonyl (C=O) groups is 1. The first kappa shape index (κ1) is 18.1. The summed E-state index contributed by atoms with van der Waals surface area (Å²) in [5.74, 6) is -1.20. The Morgan fingerprint density at radius 1 is 1.12 bits per heavy atom. The zero-order valence-corrected chi connectivity index (χ0v) is 13.2. The molecule has 1 N–H and O–H groups in total. The number of benzene rings is 2. The van der Waals surface area contributed by atoms with Crippen LogP contribution in [-0.4, -0.2) is 17.5 Å². The molecule has 0 radical (unpaired) electrons. The summed E-state index contributed by atoms with van der Waals surface area (Å²) in [5, 5.41) is 1.96. The topological polar surface area (TPSA) is 38.3 Å². The molecule has 1 atom stereocenters. The van der Waals surface area contributed by atoms with E-state index in [1.165, 1.54) is 18.2 Å². The van der Waals surface area contributed by atoms with Crippen LogP contribution in [0.25, 0.3) is 0 Å². The number of alkyl halides is 3. The van der Waals surface area contributed by atoms with E-state index in [1.807, 2.05) is 0 Å². The first-order valence-corrected chi connectivity index (χ1v) is 7.70. The van der Waals surface area contributed by atoms with Gasteiger partial charge in [-0.25, -0.2) is 4.39 Å². The van der Waals surface area contributed by atoms with Crippen LogP contribution in [0.4, 0.5) is 23.2 Å². The first-order chi connectivity index (χ1) is 11.2. The molecule has 3 nitrogen and oxygen atoms in total. The van der Waals surface area contributed by atoms with Crippen molar-refractivity contribution >= 4 is 23.4 Å². The number of hydrogen-bond donors (Lipinski definition) is 1. The highest BCUT2D eigenvalue weighted by atomic mass is 32.2. The second-order valence-electron chi connectivity index (χ2n) is 4.75. The lowest BCUT2D eigenvalue weighted by molar-refractivity contribution is -0.274. The molecule has 24 heavy (non-hydrogen) atoms. The largest absolute Gasteiger partial charge is 0.573 e. The fourth-order valence-electron chi connectivity index (χ4n) is 1.77. The summed E-state index contributed by atoms with van der Waals surface area (Å²) in [6.07, 6.45) is -4.77. The van der Waals surface area contributed by atoms with Gasteiger partial charge in [-0.1, -0.05) is 12.1 Å². The number of hydrogen-bond acceptors (Lipinski definition) is 3. The third kappa shape index (κ3) is 5.45. The maximum atomic E-state index is 13.6. The Bertz CT molecular complexity index is 704. The van der Waals surface area contributed by atoms with Gasteiger partial charge in [0.15, 0.2) is 0 Å². The Hall–Kier alpha value is -2.22. The molecule has 1 amide bonds. The molecule has 2 rings (SSSR count). The lowest BCUT2D eigenvalue weighted by atomic mass is 10.3. The van der Waals surface area contributed by atoms with E-state index in [0.29, 0.717) is 10.6 Å². The van der Waals surface area contributed by atoms with E-state index in [2.05, 4.69) is 10.1 Å². The number of carbonyl (C=O) groups excluding carboxylic acids is 1. The standard InChI is InChI=1S/C16H13F4NO2S/c1-10(24-14-5-3-2-4-13(14)17)15(22)21-11-6-8-12(9-7-11)23-16(18,19)20/h2-10H,1H3,(H,21,22)/t10-/m0/s1. The number of anilines is 1. The van der Waals surface area contributed by atoms with E-state index in [-0.39, 0.29) is 5.75 Å². The van der Waals surface area contributed by atoms with Gasteiger partial charge in [0, 0.05) is 10.6 Å². The fraction of sp³-hybridized carbons (Fsp3) is 0.188. The van der Waals surface area contributed by atoms with Crippen LogP contribution in [-0.2, 0) is 4.79 Å². The Balaban J connectivity index is 1.95. The molecule has 0 bridgehead atoms. The van der Waals surface area contributed by atoms with Crippen molar-refractivity contribution in [3.8, 4) is 5.75 Å². The van der Waals surface area contributed by atoms with E-state index < -0.39 is 23.3 Å². The number of thioether (sulfide) groups is 1. The highest BCUT2D eigenvalue weighted by Gasteiger charge is 2.31. The van der Waals surface area contributed by atoms with E-state index in [4.69, 9.17) is 0 Å². The van der Waals surface area contributed by atoms with Crippen molar-refractivity contribution in [2.75, 3.05) is 5.32 Å². The van der Waals surface area contributed by atoms with Crippen molar-refractivity contribution in [2.24, 2.45) is 0 Å². The summed E-state index contributed by atoms with van der Waals surface area (Å²) in [4.78, 5) is 12.4. The van der Waals surface area contributed by atoms with Gasteiger partial charge in [-0.3, -0.25) is 4.79 Å². The summed E-state index contributed by atoms with van der Waals surface area (Å²) < 4.78 is 53.5. The minimum absolute atomic E-state index is 0.315. The van der Waals surface area contributed by atoms with Crippen molar-refractivity contribution in [2.45, 2.75) is 23.4 Å². The number of halogens is 4. The molecule has 128 valence electrons. The second kappa shape index (κ2) is 7.57. The molecule has 0 saturated carbocycles. The highest BCUT2D eigenvalue weighted by molar-refractivity contribution is 8.00. The highest BCUT2D eigenvalue weighted by Crippen LogP contribution is 2.27. The third-order valence-electron chi connectivity index (χ3n) is 2.87. The van der Waals surface area contributed by atoms with Crippen LogP contribution in [0.15, 0.2) is 53.4 Å². The van der Waals surface area contributed by atoms with Crippen LogP contribution in [0.5, 0.6) is 5.75 Å². The monoisotopic (exact) mass is 359 g/mol. The lowest BCUT2D eigenvalue weighted by Gasteiger charge is -2.13. The molecular weight excluding hydrogens is 346 g/mol. The summed E-state index contributed by atoms with van der Waals surface area (Å²) >= 11 is 1.05. The molecular formula is C16H13F4NO2S. The summed E-state index contributed by atoms with van der Waals surface area (Å²) in [7, 11) is 0. The van der Waals surface area contributed by atoms with Crippen LogP contribution < -0.4 is 10.1 Å². The Morgan fingerprint density at radius 3 is 2.33 bits per heavy atom. The van der Waals surface area contributed by atoms with Crippen molar-refractivity contribution in [3.63, 3.8) is 0 Å². The molecule has 0 aromatic heterocycles. The average molecular weight is 359 g/mol. The normalized spacial score (nSPS) is 12.5. The lowest BCUT2D eigenvalue weighted by Crippen LogP contribution is -2.22. The van der Waals surface area contributed by atoms with Crippen LogP contribution >= 0.6 is 11.8 Å². The van der Waals surface area contributed by atoms with Gasteiger partial charge in [-0.05, 0) is 43.3 Å². The van der Waals surface area contributed by atoms with E-state index in [1.54, 1.807) is 25.1 Å². The Labute approximate surface area is 140 Å². The second-order valence-corrected chi connectivity index (χ2v) is 6.13. The quantitative estimate of drug-likeness (QED) is 0.613. The summed E-state index contributed by atoms with van der Waals surface area (Å²) in [5.41, 5.74) is 0.315. The molecule has 0 aliphatic heterocycles. The number of amides is 1. The van der Waals surface area contributed by atoms with Crippen molar-refractivity contribution in [3.05, 3.63) is 54.3 Å². The van der Waals surface area contributed by atoms with E-state index >= 15 is 0 Å². The summed E-state index contributed by atoms with van der Waals surface area (Å²) in [6, 6.07) is 10.8. The van der Waals surface area contributed by atoms with Gasteiger partial charge in [-0.2, -0.15) is 0 Å². The van der Waals surface area contributed by atoms with E-state index in [9.17, 15) is 22.4 Å². The smallest absolute Gasteiger partial charge is 0.406 e. The fourth-order valence-corrected chi connectivity index (χ4v) is 2.65. The molecule has 0 saturated heterocycles. The maximum absolute atomic E-state index is 13.6. The molecule has 8 heteroatoms. The molecule has 0 aliphatic carbocycles. The van der Waals surface area contributed by atoms with Gasteiger partial charge in [0.1, 0.15) is 11.6 Å². The zero-order chi connectivity index (χ0) is 17.7. The van der Waals surface area contributed by atoms with Gasteiger partial charge in [0.2, 0.25) is 5.91 Å². The minimum Gasteiger partial charge on any atom is -0.406 e. The Kier molecular flexibility index (Phi) is 5.71. The molecule has 0 heterocycles. The van der Waals surface area contributed by atoms with Gasteiger partial charge in [-0.15, -0.1) is 24.9 Å². The molecule has 2 aromatic rings. The number of rotatable bonds is 5. The van der Waals surface area contributed by atoms with Crippen molar-refractivity contribution in [1.82, 2.24) is 0 Å². The third-order valence-corrected chi connectivity index (χ3v) is 4.02. The van der Waals surface area contributed by atoms with Gasteiger partial charge in [0.05, 0.1) is 5.25 Å². The van der Waals surface area contributed by atoms with E-state index in [0.717, 1.165) is 23.9 Å². The van der Waals surface area contributed by atoms with Gasteiger partial charge in [0.25, 0.3) is 0 Å². The van der Waals surface area contributed by atoms with Crippen LogP contribution in [0.3, 0.4) is 0 Å². The zero-order valence-electron chi connectivity index (χ0n) is 12.4. The first-order valence-electron chi connectivity index (χ1n) is 6.82. The van der Waals surface area contributed by atoms with Crippen molar-refractivity contribution < 1.29 is 27.1 Å². The minimum atomic E-state index is -4.77. The predicted molar refractivity (Wildman–Crippen MR) is 83.5 cm³/mol. The number of ether oxygens (including phenoxy) is 1. The van der Waals surface area contributed by atoms with Crippen LogP contribution in [0.1, 0.15) is 6.92 Å². The SMILES string of the molecule is C[C@H](Sc1ccccc1F)C(=O)Nc1ccc(OC(F)(F)F)cc1. The maximum Gasteiger partial charge on any atom is 0.573 e.